The summed E-state index contributed by atoms with van der Waals surface area (Å²) in [7, 11) is 0. The first-order valence-corrected chi connectivity index (χ1v) is 8.86. The maximum atomic E-state index is 12.6. The normalized spacial score (nSPS) is 15.0. The second kappa shape index (κ2) is 5.91. The van der Waals surface area contributed by atoms with Crippen LogP contribution < -0.4 is 5.56 Å². The summed E-state index contributed by atoms with van der Waals surface area (Å²) in [6.07, 6.45) is 1.61. The highest BCUT2D eigenvalue weighted by molar-refractivity contribution is 7.18. The Hall–Kier alpha value is -1.98. The molecule has 1 aromatic carbocycles. The maximum Gasteiger partial charge on any atom is 0.259 e. The summed E-state index contributed by atoms with van der Waals surface area (Å²) in [4.78, 5) is 24.9. The van der Waals surface area contributed by atoms with Crippen LogP contribution in [0.5, 0.6) is 0 Å². The van der Waals surface area contributed by atoms with Crippen LogP contribution in [0.1, 0.15) is 28.8 Å². The van der Waals surface area contributed by atoms with Crippen molar-refractivity contribution in [2.45, 2.75) is 26.3 Å². The number of likely N-dealkylation sites (N-methyl/N-ethyl adjacent to an activating group) is 1. The third-order valence-corrected chi connectivity index (χ3v) is 5.61. The van der Waals surface area contributed by atoms with Crippen LogP contribution in [0, 0.1) is 0 Å². The van der Waals surface area contributed by atoms with Crippen LogP contribution >= 0.6 is 11.3 Å². The fourth-order valence-electron chi connectivity index (χ4n) is 3.24. The van der Waals surface area contributed by atoms with E-state index in [1.54, 1.807) is 11.3 Å². The molecular weight excluding hydrogens is 306 g/mol. The Kier molecular flexibility index (Phi) is 3.75. The Balaban J connectivity index is 1.75. The number of rotatable bonds is 3. The molecule has 1 aliphatic heterocycles. The zero-order valence-corrected chi connectivity index (χ0v) is 13.9. The van der Waals surface area contributed by atoms with E-state index in [-0.39, 0.29) is 5.56 Å². The van der Waals surface area contributed by atoms with Gasteiger partial charge in [0.1, 0.15) is 10.7 Å². The van der Waals surface area contributed by atoms with E-state index in [4.69, 9.17) is 4.98 Å². The van der Waals surface area contributed by atoms with E-state index < -0.39 is 0 Å². The van der Waals surface area contributed by atoms with Crippen LogP contribution in [0.25, 0.3) is 10.2 Å². The lowest BCUT2D eigenvalue weighted by Gasteiger charge is -2.24. The minimum Gasteiger partial charge on any atom is -0.310 e. The molecule has 2 aromatic heterocycles. The van der Waals surface area contributed by atoms with E-state index in [1.165, 1.54) is 10.4 Å². The standard InChI is InChI=1S/C18H19N3OS/c1-2-21-9-8-13-14(11-21)23-18-16(13)17(22)19-15(20-18)10-12-6-4-3-5-7-12/h3-7H,2,8-11H2,1H3,(H,19,20,22). The first kappa shape index (κ1) is 14.6. The second-order valence-corrected chi connectivity index (χ2v) is 7.06. The van der Waals surface area contributed by atoms with Gasteiger partial charge in [-0.25, -0.2) is 4.98 Å². The molecule has 4 nitrogen and oxygen atoms in total. The van der Waals surface area contributed by atoms with Crippen molar-refractivity contribution in [1.29, 1.82) is 0 Å². The Morgan fingerprint density at radius 1 is 1.30 bits per heavy atom. The van der Waals surface area contributed by atoms with Gasteiger partial charge in [0.15, 0.2) is 0 Å². The molecule has 0 spiro atoms. The molecule has 23 heavy (non-hydrogen) atoms. The lowest BCUT2D eigenvalue weighted by atomic mass is 10.1. The molecule has 3 heterocycles. The molecule has 0 saturated heterocycles. The van der Waals surface area contributed by atoms with Gasteiger partial charge in [-0.05, 0) is 24.1 Å². The predicted molar refractivity (Wildman–Crippen MR) is 94.1 cm³/mol. The third-order valence-electron chi connectivity index (χ3n) is 4.50. The SMILES string of the molecule is CCN1CCc2c(sc3nc(Cc4ccccc4)[nH]c(=O)c23)C1. The number of nitrogens with zero attached hydrogens (tertiary/aromatic N) is 2. The topological polar surface area (TPSA) is 49.0 Å². The molecular formula is C18H19N3OS. The molecule has 0 fully saturated rings. The van der Waals surface area contributed by atoms with Crippen molar-refractivity contribution in [3.63, 3.8) is 0 Å². The highest BCUT2D eigenvalue weighted by atomic mass is 32.1. The summed E-state index contributed by atoms with van der Waals surface area (Å²) in [5.41, 5.74) is 2.39. The van der Waals surface area contributed by atoms with E-state index in [0.29, 0.717) is 6.42 Å². The van der Waals surface area contributed by atoms with Gasteiger partial charge in [-0.2, -0.15) is 0 Å². The number of H-pyrrole nitrogens is 1. The highest BCUT2D eigenvalue weighted by Gasteiger charge is 2.22. The lowest BCUT2D eigenvalue weighted by Crippen LogP contribution is -2.29. The molecule has 0 radical (unpaired) electrons. The third kappa shape index (κ3) is 2.71. The fraction of sp³-hybridized carbons (Fsp3) is 0.333. The summed E-state index contributed by atoms with van der Waals surface area (Å²) in [5, 5.41) is 0.817. The number of hydrogen-bond acceptors (Lipinski definition) is 4. The largest absolute Gasteiger partial charge is 0.310 e. The van der Waals surface area contributed by atoms with Crippen LogP contribution in [-0.2, 0) is 19.4 Å². The van der Waals surface area contributed by atoms with E-state index in [1.807, 2.05) is 18.2 Å². The van der Waals surface area contributed by atoms with Gasteiger partial charge in [0.05, 0.1) is 5.39 Å². The van der Waals surface area contributed by atoms with Gasteiger partial charge in [-0.3, -0.25) is 9.69 Å². The molecule has 4 rings (SSSR count). The Morgan fingerprint density at radius 2 is 2.13 bits per heavy atom. The zero-order valence-electron chi connectivity index (χ0n) is 13.1. The Labute approximate surface area is 138 Å². The number of thiophene rings is 1. The van der Waals surface area contributed by atoms with Gasteiger partial charge in [-0.1, -0.05) is 37.3 Å². The molecule has 1 aliphatic rings. The molecule has 0 bridgehead atoms. The summed E-state index contributed by atoms with van der Waals surface area (Å²) < 4.78 is 0. The summed E-state index contributed by atoms with van der Waals surface area (Å²) in [6, 6.07) is 10.1. The minimum absolute atomic E-state index is 0.0170. The monoisotopic (exact) mass is 325 g/mol. The van der Waals surface area contributed by atoms with E-state index in [9.17, 15) is 4.79 Å². The van der Waals surface area contributed by atoms with Crippen molar-refractivity contribution in [3.05, 3.63) is 62.5 Å². The lowest BCUT2D eigenvalue weighted by molar-refractivity contribution is 0.272. The van der Waals surface area contributed by atoms with Crippen molar-refractivity contribution >= 4 is 21.6 Å². The molecule has 0 atom stereocenters. The van der Waals surface area contributed by atoms with Gasteiger partial charge < -0.3 is 4.98 Å². The molecule has 118 valence electrons. The van der Waals surface area contributed by atoms with Crippen molar-refractivity contribution in [2.75, 3.05) is 13.1 Å². The molecule has 5 heteroatoms. The van der Waals surface area contributed by atoms with E-state index >= 15 is 0 Å². The second-order valence-electron chi connectivity index (χ2n) is 5.98. The van der Waals surface area contributed by atoms with E-state index in [2.05, 4.69) is 28.9 Å². The van der Waals surface area contributed by atoms with Crippen LogP contribution in [0.3, 0.4) is 0 Å². The van der Waals surface area contributed by atoms with Crippen molar-refractivity contribution in [1.82, 2.24) is 14.9 Å². The van der Waals surface area contributed by atoms with Crippen LogP contribution in [-0.4, -0.2) is 28.0 Å². The zero-order chi connectivity index (χ0) is 15.8. The number of hydrogen-bond donors (Lipinski definition) is 1. The summed E-state index contributed by atoms with van der Waals surface area (Å²) in [6.45, 7) is 5.21. The van der Waals surface area contributed by atoms with Gasteiger partial charge in [-0.15, -0.1) is 11.3 Å². The molecule has 0 saturated carbocycles. The number of fused-ring (bicyclic) bond motifs is 3. The maximum absolute atomic E-state index is 12.6. The number of benzene rings is 1. The van der Waals surface area contributed by atoms with Crippen LogP contribution in [0.15, 0.2) is 35.1 Å². The van der Waals surface area contributed by atoms with Crippen molar-refractivity contribution in [2.24, 2.45) is 0 Å². The number of aromatic nitrogens is 2. The number of nitrogens with one attached hydrogen (secondary N) is 1. The smallest absolute Gasteiger partial charge is 0.259 e. The van der Waals surface area contributed by atoms with Gasteiger partial charge >= 0.3 is 0 Å². The quantitative estimate of drug-likeness (QED) is 0.805. The first-order chi connectivity index (χ1) is 11.2. The minimum atomic E-state index is 0.0170. The molecule has 0 aliphatic carbocycles. The van der Waals surface area contributed by atoms with Gasteiger partial charge in [0.25, 0.3) is 5.56 Å². The molecule has 1 N–H and O–H groups in total. The van der Waals surface area contributed by atoms with Crippen LogP contribution in [0.4, 0.5) is 0 Å². The molecule has 0 unspecified atom stereocenters. The van der Waals surface area contributed by atoms with E-state index in [0.717, 1.165) is 47.7 Å². The molecule has 3 aromatic rings. The summed E-state index contributed by atoms with van der Waals surface area (Å²) >= 11 is 1.68. The van der Waals surface area contributed by atoms with Crippen molar-refractivity contribution in [3.8, 4) is 0 Å². The Bertz CT molecular complexity index is 898. The highest BCUT2D eigenvalue weighted by Crippen LogP contribution is 2.32. The summed E-state index contributed by atoms with van der Waals surface area (Å²) in [5.74, 6) is 0.750. The predicted octanol–water partition coefficient (Wildman–Crippen LogP) is 2.95. The fourth-order valence-corrected chi connectivity index (χ4v) is 4.52. The first-order valence-electron chi connectivity index (χ1n) is 8.04. The van der Waals surface area contributed by atoms with Gasteiger partial charge in [0.2, 0.25) is 0 Å². The average Bonchev–Trinajstić information content (AvgIpc) is 2.93. The van der Waals surface area contributed by atoms with Gasteiger partial charge in [0, 0.05) is 24.4 Å². The van der Waals surface area contributed by atoms with Crippen LogP contribution in [0.2, 0.25) is 0 Å². The Morgan fingerprint density at radius 3 is 2.91 bits per heavy atom. The average molecular weight is 325 g/mol. The number of aromatic amines is 1. The molecule has 0 amide bonds. The van der Waals surface area contributed by atoms with Crippen molar-refractivity contribution < 1.29 is 0 Å².